The van der Waals surface area contributed by atoms with Crippen LogP contribution in [-0.4, -0.2) is 11.0 Å². The summed E-state index contributed by atoms with van der Waals surface area (Å²) >= 11 is 3.43. The lowest BCUT2D eigenvalue weighted by Crippen LogP contribution is -2.34. The number of pyridine rings is 1. The third kappa shape index (κ3) is 3.13. The topological polar surface area (TPSA) is 24.9 Å². The molecule has 3 heteroatoms. The van der Waals surface area contributed by atoms with Gasteiger partial charge in [-0.05, 0) is 66.1 Å². The summed E-state index contributed by atoms with van der Waals surface area (Å²) in [5.41, 5.74) is 2.31. The molecule has 0 saturated heterocycles. The number of aromatic nitrogens is 1. The first-order valence-electron chi connectivity index (χ1n) is 7.62. The van der Waals surface area contributed by atoms with E-state index < -0.39 is 0 Å². The predicted octanol–water partition coefficient (Wildman–Crippen LogP) is 4.92. The molecule has 0 radical (unpaired) electrons. The third-order valence-corrected chi connectivity index (χ3v) is 5.39. The Bertz CT molecular complexity index is 446. The first-order chi connectivity index (χ1) is 9.22. The second-order valence-corrected chi connectivity index (χ2v) is 7.04. The van der Waals surface area contributed by atoms with Gasteiger partial charge in [-0.15, -0.1) is 0 Å². The zero-order valence-electron chi connectivity index (χ0n) is 11.7. The fourth-order valence-corrected chi connectivity index (χ4v) is 4.31. The highest BCUT2D eigenvalue weighted by Crippen LogP contribution is 2.41. The fourth-order valence-electron chi connectivity index (χ4n) is 3.91. The van der Waals surface area contributed by atoms with Crippen molar-refractivity contribution in [3.05, 3.63) is 22.4 Å². The molecule has 1 aromatic rings. The number of nitrogens with zero attached hydrogens (tertiary/aromatic N) is 1. The van der Waals surface area contributed by atoms with Crippen LogP contribution in [0.25, 0.3) is 0 Å². The van der Waals surface area contributed by atoms with E-state index in [1.54, 1.807) is 0 Å². The van der Waals surface area contributed by atoms with Crippen LogP contribution >= 0.6 is 15.9 Å². The molecule has 0 amide bonds. The second-order valence-electron chi connectivity index (χ2n) is 6.23. The molecular formula is C16H23BrN2. The quantitative estimate of drug-likeness (QED) is 0.781. The van der Waals surface area contributed by atoms with E-state index in [-0.39, 0.29) is 0 Å². The molecular weight excluding hydrogens is 300 g/mol. The number of halogens is 1. The van der Waals surface area contributed by atoms with Crippen molar-refractivity contribution in [3.63, 3.8) is 0 Å². The van der Waals surface area contributed by atoms with Crippen LogP contribution in [0.4, 0.5) is 5.69 Å². The van der Waals surface area contributed by atoms with Gasteiger partial charge in [-0.1, -0.05) is 25.7 Å². The largest absolute Gasteiger partial charge is 0.381 e. The third-order valence-electron chi connectivity index (χ3n) is 4.95. The molecule has 3 atom stereocenters. The minimum Gasteiger partial charge on any atom is -0.381 e. The highest BCUT2D eigenvalue weighted by Gasteiger charge is 2.32. The van der Waals surface area contributed by atoms with Crippen LogP contribution in [0.2, 0.25) is 0 Å². The molecule has 0 aromatic carbocycles. The minimum atomic E-state index is 0.654. The smallest absolute Gasteiger partial charge is 0.106 e. The molecule has 2 fully saturated rings. The number of anilines is 1. The second kappa shape index (κ2) is 5.82. The van der Waals surface area contributed by atoms with Crippen LogP contribution in [0, 0.1) is 18.8 Å². The Morgan fingerprint density at radius 1 is 1.11 bits per heavy atom. The highest BCUT2D eigenvalue weighted by molar-refractivity contribution is 9.10. The van der Waals surface area contributed by atoms with Crippen LogP contribution in [0.3, 0.4) is 0 Å². The van der Waals surface area contributed by atoms with E-state index in [4.69, 9.17) is 0 Å². The van der Waals surface area contributed by atoms with E-state index in [1.807, 2.05) is 6.07 Å². The minimum absolute atomic E-state index is 0.654. The maximum atomic E-state index is 4.47. The Morgan fingerprint density at radius 2 is 1.89 bits per heavy atom. The normalized spacial score (nSPS) is 30.7. The van der Waals surface area contributed by atoms with Gasteiger partial charge in [-0.2, -0.15) is 0 Å². The zero-order chi connectivity index (χ0) is 13.2. The summed E-state index contributed by atoms with van der Waals surface area (Å²) in [5.74, 6) is 2.00. The first kappa shape index (κ1) is 13.4. The molecule has 2 aliphatic rings. The summed E-state index contributed by atoms with van der Waals surface area (Å²) < 4.78 is 0.923. The van der Waals surface area contributed by atoms with Crippen molar-refractivity contribution in [2.45, 2.75) is 57.9 Å². The van der Waals surface area contributed by atoms with Crippen LogP contribution in [0.1, 0.15) is 50.6 Å². The SMILES string of the molecule is Cc1nc(Br)ccc1NC1CCC2CCCCC2C1. The van der Waals surface area contributed by atoms with Crippen LogP contribution in [0.5, 0.6) is 0 Å². The zero-order valence-corrected chi connectivity index (χ0v) is 13.2. The highest BCUT2D eigenvalue weighted by atomic mass is 79.9. The van der Waals surface area contributed by atoms with Gasteiger partial charge in [0.25, 0.3) is 0 Å². The number of rotatable bonds is 2. The molecule has 0 spiro atoms. The molecule has 19 heavy (non-hydrogen) atoms. The Balaban J connectivity index is 1.64. The monoisotopic (exact) mass is 322 g/mol. The average Bonchev–Trinajstić information content (AvgIpc) is 2.42. The van der Waals surface area contributed by atoms with Crippen LogP contribution < -0.4 is 5.32 Å². The molecule has 0 aliphatic heterocycles. The van der Waals surface area contributed by atoms with E-state index >= 15 is 0 Å². The summed E-state index contributed by atoms with van der Waals surface area (Å²) in [6, 6.07) is 4.84. The Kier molecular flexibility index (Phi) is 4.11. The summed E-state index contributed by atoms with van der Waals surface area (Å²) in [7, 11) is 0. The van der Waals surface area contributed by atoms with E-state index in [9.17, 15) is 0 Å². The van der Waals surface area contributed by atoms with Gasteiger partial charge in [0.2, 0.25) is 0 Å². The van der Waals surface area contributed by atoms with Crippen LogP contribution in [-0.2, 0) is 0 Å². The Hall–Kier alpha value is -0.570. The molecule has 0 bridgehead atoms. The van der Waals surface area contributed by atoms with Crippen molar-refractivity contribution in [2.24, 2.45) is 11.8 Å². The maximum absolute atomic E-state index is 4.47. The van der Waals surface area contributed by atoms with Crippen molar-refractivity contribution < 1.29 is 0 Å². The molecule has 2 aliphatic carbocycles. The number of nitrogens with one attached hydrogen (secondary N) is 1. The van der Waals surface area contributed by atoms with Gasteiger partial charge in [0.1, 0.15) is 4.60 Å². The molecule has 3 unspecified atom stereocenters. The molecule has 1 aromatic heterocycles. The van der Waals surface area contributed by atoms with E-state index in [1.165, 1.54) is 50.6 Å². The Morgan fingerprint density at radius 3 is 2.68 bits per heavy atom. The maximum Gasteiger partial charge on any atom is 0.106 e. The summed E-state index contributed by atoms with van der Waals surface area (Å²) in [6.07, 6.45) is 9.97. The predicted molar refractivity (Wildman–Crippen MR) is 83.4 cm³/mol. The van der Waals surface area contributed by atoms with E-state index in [2.05, 4.69) is 39.2 Å². The van der Waals surface area contributed by atoms with Gasteiger partial charge >= 0.3 is 0 Å². The summed E-state index contributed by atoms with van der Waals surface area (Å²) in [5, 5.41) is 3.73. The lowest BCUT2D eigenvalue weighted by Gasteiger charge is -2.40. The van der Waals surface area contributed by atoms with Gasteiger partial charge in [-0.3, -0.25) is 0 Å². The average molecular weight is 323 g/mol. The van der Waals surface area contributed by atoms with E-state index in [0.29, 0.717) is 6.04 Å². The number of hydrogen-bond donors (Lipinski definition) is 1. The summed E-state index contributed by atoms with van der Waals surface area (Å²) in [6.45, 7) is 2.08. The van der Waals surface area contributed by atoms with Crippen molar-refractivity contribution in [1.29, 1.82) is 0 Å². The fraction of sp³-hybridized carbons (Fsp3) is 0.688. The van der Waals surface area contributed by atoms with Gasteiger partial charge in [0.15, 0.2) is 0 Å². The van der Waals surface area contributed by atoms with Crippen LogP contribution in [0.15, 0.2) is 16.7 Å². The number of hydrogen-bond acceptors (Lipinski definition) is 2. The lowest BCUT2D eigenvalue weighted by molar-refractivity contribution is 0.162. The van der Waals surface area contributed by atoms with Crippen molar-refractivity contribution in [2.75, 3.05) is 5.32 Å². The Labute approximate surface area is 124 Å². The standard InChI is InChI=1S/C16H23BrN2/c1-11-15(8-9-16(17)18-11)19-14-7-6-12-4-2-3-5-13(12)10-14/h8-9,12-14,19H,2-7,10H2,1H3. The van der Waals surface area contributed by atoms with Gasteiger partial charge in [0.05, 0.1) is 11.4 Å². The molecule has 2 nitrogen and oxygen atoms in total. The van der Waals surface area contributed by atoms with Gasteiger partial charge in [-0.25, -0.2) is 4.98 Å². The molecule has 1 N–H and O–H groups in total. The van der Waals surface area contributed by atoms with Gasteiger partial charge in [0, 0.05) is 6.04 Å². The molecule has 1 heterocycles. The molecule has 3 rings (SSSR count). The molecule has 2 saturated carbocycles. The lowest BCUT2D eigenvalue weighted by atomic mass is 9.69. The summed E-state index contributed by atoms with van der Waals surface area (Å²) in [4.78, 5) is 4.47. The van der Waals surface area contributed by atoms with Crippen molar-refractivity contribution in [1.82, 2.24) is 4.98 Å². The number of aryl methyl sites for hydroxylation is 1. The van der Waals surface area contributed by atoms with E-state index in [0.717, 1.165) is 22.1 Å². The molecule has 104 valence electrons. The number of fused-ring (bicyclic) bond motifs is 1. The van der Waals surface area contributed by atoms with Crippen molar-refractivity contribution >= 4 is 21.6 Å². The van der Waals surface area contributed by atoms with Gasteiger partial charge < -0.3 is 5.32 Å². The van der Waals surface area contributed by atoms with Crippen molar-refractivity contribution in [3.8, 4) is 0 Å². The first-order valence-corrected chi connectivity index (χ1v) is 8.41.